The highest BCUT2D eigenvalue weighted by Crippen LogP contribution is 2.32. The molecule has 1 fully saturated rings. The zero-order valence-corrected chi connectivity index (χ0v) is 12.2. The van der Waals surface area contributed by atoms with Crippen LogP contribution in [0.5, 0.6) is 0 Å². The van der Waals surface area contributed by atoms with Crippen molar-refractivity contribution in [3.63, 3.8) is 0 Å². The molecule has 0 nitrogen and oxygen atoms in total. The summed E-state index contributed by atoms with van der Waals surface area (Å²) in [5.74, 6) is 2.82. The molecule has 2 rings (SSSR count). The van der Waals surface area contributed by atoms with Gasteiger partial charge in [-0.3, -0.25) is 0 Å². The first kappa shape index (κ1) is 14.4. The third-order valence-electron chi connectivity index (χ3n) is 3.13. The minimum atomic E-state index is 0.556. The van der Waals surface area contributed by atoms with Crippen LogP contribution >= 0.6 is 0 Å². The van der Waals surface area contributed by atoms with Gasteiger partial charge in [-0.15, -0.1) is 0 Å². The van der Waals surface area contributed by atoms with Crippen LogP contribution in [0.3, 0.4) is 0 Å². The van der Waals surface area contributed by atoms with E-state index in [9.17, 15) is 0 Å². The van der Waals surface area contributed by atoms with Gasteiger partial charge >= 0.3 is 0 Å². The van der Waals surface area contributed by atoms with Gasteiger partial charge in [0, 0.05) is 5.56 Å². The van der Waals surface area contributed by atoms with Gasteiger partial charge in [-0.2, -0.15) is 0 Å². The molecule has 1 aliphatic rings. The lowest BCUT2D eigenvalue weighted by Crippen LogP contribution is -2.14. The maximum atomic E-state index is 4.03. The zero-order chi connectivity index (χ0) is 12.7. The minimum Gasteiger partial charge on any atom is -0.0978 e. The normalized spacial score (nSPS) is 17.1. The molecule has 1 aliphatic heterocycles. The molecule has 1 heteroatoms. The monoisotopic (exact) mass is 249 g/mol. The maximum absolute atomic E-state index is 4.03. The molecular formula is C16H25S+. The van der Waals surface area contributed by atoms with Crippen molar-refractivity contribution in [1.29, 1.82) is 0 Å². The van der Waals surface area contributed by atoms with E-state index in [0.717, 1.165) is 0 Å². The Labute approximate surface area is 109 Å². The summed E-state index contributed by atoms with van der Waals surface area (Å²) in [5, 5.41) is 0.605. The van der Waals surface area contributed by atoms with Gasteiger partial charge in [0.2, 0.25) is 0 Å². The standard InChI is InChI=1S/C14H19S.C2H6/c1-3-14(15-10-6-7-11-15)13-9-5-4-8-12(13)2;1-2/h3-5,8-9,14H,1,6-7,10-11H2,2H3;1-2H3/q+1;. The van der Waals surface area contributed by atoms with Gasteiger partial charge in [0.1, 0.15) is 11.5 Å². The SMILES string of the molecule is C=CC(c1ccccc1C)[S+]1CCCC1.CC. The van der Waals surface area contributed by atoms with Crippen molar-refractivity contribution >= 4 is 10.9 Å². The maximum Gasteiger partial charge on any atom is 0.161 e. The molecule has 1 aromatic rings. The first-order valence-corrected chi connectivity index (χ1v) is 8.30. The van der Waals surface area contributed by atoms with Crippen LogP contribution in [0.1, 0.15) is 43.1 Å². The lowest BCUT2D eigenvalue weighted by Gasteiger charge is -2.14. The molecule has 0 bridgehead atoms. The fourth-order valence-corrected chi connectivity index (χ4v) is 5.04. The zero-order valence-electron chi connectivity index (χ0n) is 11.4. The van der Waals surface area contributed by atoms with Crippen LogP contribution in [-0.2, 0) is 10.9 Å². The molecule has 0 radical (unpaired) electrons. The Morgan fingerprint density at radius 3 is 2.29 bits per heavy atom. The Morgan fingerprint density at radius 1 is 1.18 bits per heavy atom. The molecule has 0 aliphatic carbocycles. The van der Waals surface area contributed by atoms with Crippen molar-refractivity contribution in [1.82, 2.24) is 0 Å². The van der Waals surface area contributed by atoms with Crippen LogP contribution in [0, 0.1) is 6.92 Å². The predicted octanol–water partition coefficient (Wildman–Crippen LogP) is 4.66. The third kappa shape index (κ3) is 3.64. The third-order valence-corrected chi connectivity index (χ3v) is 5.92. The highest BCUT2D eigenvalue weighted by molar-refractivity contribution is 7.97. The van der Waals surface area contributed by atoms with E-state index in [1.54, 1.807) is 0 Å². The summed E-state index contributed by atoms with van der Waals surface area (Å²) in [7, 11) is 0.556. The molecule has 94 valence electrons. The molecule has 0 spiro atoms. The van der Waals surface area contributed by atoms with Gasteiger partial charge in [-0.05, 0) is 42.3 Å². The minimum absolute atomic E-state index is 0.556. The summed E-state index contributed by atoms with van der Waals surface area (Å²) in [5.41, 5.74) is 2.92. The second kappa shape index (κ2) is 7.60. The lowest BCUT2D eigenvalue weighted by molar-refractivity contribution is 0.949. The van der Waals surface area contributed by atoms with Gasteiger partial charge in [0.05, 0.1) is 0 Å². The van der Waals surface area contributed by atoms with Crippen molar-refractivity contribution in [2.75, 3.05) is 11.5 Å². The summed E-state index contributed by atoms with van der Waals surface area (Å²) in [6.07, 6.45) is 5.00. The van der Waals surface area contributed by atoms with Crippen molar-refractivity contribution < 1.29 is 0 Å². The molecular weight excluding hydrogens is 224 g/mol. The second-order valence-electron chi connectivity index (χ2n) is 4.17. The summed E-state index contributed by atoms with van der Waals surface area (Å²) in [4.78, 5) is 0. The van der Waals surface area contributed by atoms with E-state index in [-0.39, 0.29) is 0 Å². The number of rotatable bonds is 3. The molecule has 0 amide bonds. The van der Waals surface area contributed by atoms with Gasteiger partial charge in [-0.25, -0.2) is 0 Å². The predicted molar refractivity (Wildman–Crippen MR) is 81.8 cm³/mol. The molecule has 1 unspecified atom stereocenters. The largest absolute Gasteiger partial charge is 0.161 e. The van der Waals surface area contributed by atoms with E-state index in [0.29, 0.717) is 16.1 Å². The molecule has 1 aromatic carbocycles. The van der Waals surface area contributed by atoms with Crippen molar-refractivity contribution in [3.8, 4) is 0 Å². The van der Waals surface area contributed by atoms with Crippen molar-refractivity contribution in [2.24, 2.45) is 0 Å². The first-order chi connectivity index (χ1) is 8.33. The van der Waals surface area contributed by atoms with E-state index in [1.807, 2.05) is 13.8 Å². The summed E-state index contributed by atoms with van der Waals surface area (Å²) >= 11 is 0. The first-order valence-electron chi connectivity index (χ1n) is 6.67. The van der Waals surface area contributed by atoms with Crippen LogP contribution in [-0.4, -0.2) is 11.5 Å². The Kier molecular flexibility index (Phi) is 6.43. The van der Waals surface area contributed by atoms with E-state index < -0.39 is 0 Å². The molecule has 1 heterocycles. The second-order valence-corrected chi connectivity index (χ2v) is 6.56. The number of benzene rings is 1. The van der Waals surface area contributed by atoms with E-state index >= 15 is 0 Å². The number of hydrogen-bond acceptors (Lipinski definition) is 0. The Hall–Kier alpha value is -0.690. The fraction of sp³-hybridized carbons (Fsp3) is 0.500. The quantitative estimate of drug-likeness (QED) is 0.540. The van der Waals surface area contributed by atoms with Gasteiger partial charge in [0.15, 0.2) is 5.25 Å². The van der Waals surface area contributed by atoms with Crippen LogP contribution in [0.25, 0.3) is 0 Å². The van der Waals surface area contributed by atoms with Crippen molar-refractivity contribution in [2.45, 2.75) is 38.9 Å². The highest BCUT2D eigenvalue weighted by atomic mass is 32.2. The van der Waals surface area contributed by atoms with Gasteiger partial charge in [0.25, 0.3) is 0 Å². The topological polar surface area (TPSA) is 0 Å². The summed E-state index contributed by atoms with van der Waals surface area (Å²) < 4.78 is 0. The van der Waals surface area contributed by atoms with E-state index in [2.05, 4.69) is 43.8 Å². The van der Waals surface area contributed by atoms with Crippen LogP contribution in [0.2, 0.25) is 0 Å². The van der Waals surface area contributed by atoms with Gasteiger partial charge < -0.3 is 0 Å². The number of aryl methyl sites for hydroxylation is 1. The van der Waals surface area contributed by atoms with Crippen LogP contribution < -0.4 is 0 Å². The van der Waals surface area contributed by atoms with Gasteiger partial charge in [-0.1, -0.05) is 44.7 Å². The highest BCUT2D eigenvalue weighted by Gasteiger charge is 2.33. The molecule has 17 heavy (non-hydrogen) atoms. The van der Waals surface area contributed by atoms with E-state index in [1.165, 1.54) is 35.5 Å². The average molecular weight is 249 g/mol. The summed E-state index contributed by atoms with van der Waals surface area (Å²) in [6.45, 7) is 10.2. The Balaban J connectivity index is 0.000000686. The van der Waals surface area contributed by atoms with Crippen LogP contribution in [0.4, 0.5) is 0 Å². The van der Waals surface area contributed by atoms with E-state index in [4.69, 9.17) is 0 Å². The summed E-state index contributed by atoms with van der Waals surface area (Å²) in [6, 6.07) is 8.76. The van der Waals surface area contributed by atoms with Crippen LogP contribution in [0.15, 0.2) is 36.9 Å². The molecule has 0 saturated carbocycles. The Bertz CT molecular complexity index is 337. The molecule has 1 saturated heterocycles. The fourth-order valence-electron chi connectivity index (χ4n) is 2.28. The number of hydrogen-bond donors (Lipinski definition) is 0. The average Bonchev–Trinajstić information content (AvgIpc) is 2.89. The molecule has 0 aromatic heterocycles. The van der Waals surface area contributed by atoms with Crippen molar-refractivity contribution in [3.05, 3.63) is 48.0 Å². The molecule has 0 N–H and O–H groups in total. The molecule has 1 atom stereocenters. The smallest absolute Gasteiger partial charge is 0.0978 e. The Morgan fingerprint density at radius 2 is 1.76 bits per heavy atom. The lowest BCUT2D eigenvalue weighted by atomic mass is 10.1.